The number of aliphatic hydroxyl groups excluding tert-OH is 2. The minimum atomic E-state index is -2.70. The third kappa shape index (κ3) is 4.88. The first-order valence-corrected chi connectivity index (χ1v) is 15.2. The maximum atomic E-state index is 14.3. The standard InChI is InChI=1S/C35H43N3O8/c1-34(2,3)22-14-18(19-11-16(15-37(4)5)9-10-23(19)46-8)20-12-17-13-21-27(38(6)7)30(41)26(33(36)44)32(43)35(21,45)31(42)24(17)29(40)25(20)28(22)39/h9-11,14,17,21,27,39-40,43,45H,12-13,15H2,1-8H3,(H2,36,44)/t17-,21+,27-,35+/m0/s1. The van der Waals surface area contributed by atoms with Gasteiger partial charge in [0.25, 0.3) is 5.91 Å². The van der Waals surface area contributed by atoms with Crippen molar-refractivity contribution in [3.63, 3.8) is 0 Å². The monoisotopic (exact) mass is 633 g/mol. The highest BCUT2D eigenvalue weighted by Gasteiger charge is 2.64. The molecule has 0 heterocycles. The van der Waals surface area contributed by atoms with Gasteiger partial charge in [0, 0.05) is 29.2 Å². The van der Waals surface area contributed by atoms with Gasteiger partial charge in [-0.2, -0.15) is 0 Å². The fourth-order valence-corrected chi connectivity index (χ4v) is 7.55. The van der Waals surface area contributed by atoms with Gasteiger partial charge in [-0.05, 0) is 87.3 Å². The van der Waals surface area contributed by atoms with E-state index in [0.717, 1.165) is 11.1 Å². The second-order valence-electron chi connectivity index (χ2n) is 14.2. The number of primary amides is 1. The lowest BCUT2D eigenvalue weighted by Gasteiger charge is -2.50. The van der Waals surface area contributed by atoms with Gasteiger partial charge in [-0.3, -0.25) is 19.3 Å². The Morgan fingerprint density at radius 3 is 2.26 bits per heavy atom. The van der Waals surface area contributed by atoms with Crippen LogP contribution >= 0.6 is 0 Å². The summed E-state index contributed by atoms with van der Waals surface area (Å²) >= 11 is 0. The molecule has 0 aromatic heterocycles. The number of aromatic hydroxyl groups is 1. The van der Waals surface area contributed by atoms with Crippen LogP contribution in [0.2, 0.25) is 0 Å². The van der Waals surface area contributed by atoms with Gasteiger partial charge in [0.15, 0.2) is 11.4 Å². The predicted molar refractivity (Wildman–Crippen MR) is 172 cm³/mol. The van der Waals surface area contributed by atoms with Crippen molar-refractivity contribution in [1.82, 2.24) is 9.80 Å². The Kier molecular flexibility index (Phi) is 8.12. The predicted octanol–water partition coefficient (Wildman–Crippen LogP) is 3.00. The summed E-state index contributed by atoms with van der Waals surface area (Å²) < 4.78 is 5.78. The molecule has 2 aromatic rings. The van der Waals surface area contributed by atoms with Gasteiger partial charge in [-0.1, -0.05) is 26.8 Å². The van der Waals surface area contributed by atoms with Crippen molar-refractivity contribution in [2.45, 2.75) is 57.2 Å². The molecule has 0 unspecified atom stereocenters. The molecular formula is C35H43N3O8. The highest BCUT2D eigenvalue weighted by atomic mass is 16.5. The zero-order chi connectivity index (χ0) is 34.2. The van der Waals surface area contributed by atoms with E-state index in [2.05, 4.69) is 0 Å². The molecule has 3 aliphatic rings. The van der Waals surface area contributed by atoms with Crippen LogP contribution in [0.15, 0.2) is 41.2 Å². The number of hydrogen-bond donors (Lipinski definition) is 5. The van der Waals surface area contributed by atoms with Gasteiger partial charge in [-0.15, -0.1) is 0 Å². The highest BCUT2D eigenvalue weighted by Crippen LogP contribution is 2.55. The normalized spacial score (nSPS) is 24.7. The van der Waals surface area contributed by atoms with Gasteiger partial charge < -0.3 is 35.8 Å². The number of Topliss-reactive ketones (excluding diaryl/α,β-unsaturated/α-hetero) is 2. The summed E-state index contributed by atoms with van der Waals surface area (Å²) in [6, 6.07) is 6.59. The first-order valence-electron chi connectivity index (χ1n) is 15.2. The number of methoxy groups -OCH3 is 1. The van der Waals surface area contributed by atoms with E-state index in [4.69, 9.17) is 10.5 Å². The molecule has 0 spiro atoms. The molecule has 1 amide bonds. The number of fused-ring (bicyclic) bond motifs is 3. The SMILES string of the molecule is COc1ccc(CN(C)C)cc1-c1cc(C(C)(C)C)c(O)c2c1C[C@H]1C[C@@H]3[C@H](N(C)C)C(=O)C(C(N)=O)=C(O)[C@]3(O)C(=O)C1=C2O. The van der Waals surface area contributed by atoms with Crippen LogP contribution in [0.25, 0.3) is 16.9 Å². The van der Waals surface area contributed by atoms with Crippen LogP contribution < -0.4 is 10.5 Å². The maximum absolute atomic E-state index is 14.3. The molecule has 246 valence electrons. The number of nitrogens with zero attached hydrogens (tertiary/aromatic N) is 2. The van der Waals surface area contributed by atoms with Crippen molar-refractivity contribution in [2.24, 2.45) is 17.6 Å². The molecule has 2 aromatic carbocycles. The van der Waals surface area contributed by atoms with Crippen molar-refractivity contribution >= 4 is 23.2 Å². The number of carbonyl (C=O) groups excluding carboxylic acids is 3. The van der Waals surface area contributed by atoms with Crippen LogP contribution in [0.5, 0.6) is 11.5 Å². The Bertz CT molecular complexity index is 1730. The Morgan fingerprint density at radius 1 is 1.07 bits per heavy atom. The van der Waals surface area contributed by atoms with E-state index in [-0.39, 0.29) is 29.7 Å². The zero-order valence-corrected chi connectivity index (χ0v) is 27.6. The molecule has 1 fully saturated rings. The molecule has 4 atom stereocenters. The number of ketones is 2. The Labute approximate surface area is 268 Å². The zero-order valence-electron chi connectivity index (χ0n) is 27.6. The van der Waals surface area contributed by atoms with E-state index in [1.165, 1.54) is 4.90 Å². The summed E-state index contributed by atoms with van der Waals surface area (Å²) in [6.45, 7) is 6.41. The number of phenols is 1. The Morgan fingerprint density at radius 2 is 1.72 bits per heavy atom. The lowest BCUT2D eigenvalue weighted by molar-refractivity contribution is -0.153. The number of rotatable bonds is 6. The summed E-state index contributed by atoms with van der Waals surface area (Å²) in [4.78, 5) is 43.6. The molecular weight excluding hydrogens is 590 g/mol. The van der Waals surface area contributed by atoms with Crippen LogP contribution in [-0.4, -0.2) is 94.6 Å². The molecule has 1 saturated carbocycles. The largest absolute Gasteiger partial charge is 0.508 e. The highest BCUT2D eigenvalue weighted by molar-refractivity contribution is 6.24. The maximum Gasteiger partial charge on any atom is 0.255 e. The van der Waals surface area contributed by atoms with E-state index >= 15 is 0 Å². The van der Waals surface area contributed by atoms with Crippen LogP contribution in [0, 0.1) is 11.8 Å². The molecule has 11 nitrogen and oxygen atoms in total. The number of carbonyl (C=O) groups is 3. The summed E-state index contributed by atoms with van der Waals surface area (Å²) in [5.74, 6) is -6.22. The van der Waals surface area contributed by atoms with Gasteiger partial charge in [0.1, 0.15) is 28.6 Å². The minimum Gasteiger partial charge on any atom is -0.508 e. The third-order valence-corrected chi connectivity index (χ3v) is 9.58. The van der Waals surface area contributed by atoms with E-state index in [9.17, 15) is 34.8 Å². The molecule has 0 bridgehead atoms. The van der Waals surface area contributed by atoms with E-state index in [0.29, 0.717) is 29.0 Å². The first kappa shape index (κ1) is 33.2. The van der Waals surface area contributed by atoms with Crippen molar-refractivity contribution in [1.29, 1.82) is 0 Å². The summed E-state index contributed by atoms with van der Waals surface area (Å²) in [5, 5.41) is 46.8. The number of benzene rings is 2. The molecule has 3 aliphatic carbocycles. The van der Waals surface area contributed by atoms with E-state index in [1.54, 1.807) is 21.2 Å². The van der Waals surface area contributed by atoms with Crippen LogP contribution in [-0.2, 0) is 32.8 Å². The van der Waals surface area contributed by atoms with Crippen LogP contribution in [0.3, 0.4) is 0 Å². The van der Waals surface area contributed by atoms with Gasteiger partial charge in [-0.25, -0.2) is 0 Å². The van der Waals surface area contributed by atoms with Crippen molar-refractivity contribution in [2.75, 3.05) is 35.3 Å². The lowest BCUT2D eigenvalue weighted by atomic mass is 9.57. The lowest BCUT2D eigenvalue weighted by Crippen LogP contribution is -2.65. The molecule has 0 radical (unpaired) electrons. The number of phenolic OH excluding ortho intramolecular Hbond substituents is 1. The number of ether oxygens (including phenoxy) is 1. The van der Waals surface area contributed by atoms with Crippen LogP contribution in [0.1, 0.15) is 49.4 Å². The molecule has 5 rings (SSSR count). The molecule has 6 N–H and O–H groups in total. The first-order chi connectivity index (χ1) is 21.4. The number of amides is 1. The average Bonchev–Trinajstić information content (AvgIpc) is 2.93. The molecule has 0 aliphatic heterocycles. The third-order valence-electron chi connectivity index (χ3n) is 9.58. The van der Waals surface area contributed by atoms with Crippen molar-refractivity contribution in [3.8, 4) is 22.6 Å². The summed E-state index contributed by atoms with van der Waals surface area (Å²) in [7, 11) is 8.65. The average molecular weight is 634 g/mol. The molecule has 0 saturated heterocycles. The number of nitrogens with two attached hydrogens (primary N) is 1. The quantitative estimate of drug-likeness (QED) is 0.298. The number of aliphatic hydroxyl groups is 3. The second kappa shape index (κ2) is 11.3. The Balaban J connectivity index is 1.83. The van der Waals surface area contributed by atoms with Crippen molar-refractivity contribution in [3.05, 3.63) is 63.4 Å². The number of likely N-dealkylation sites (N-methyl/N-ethyl adjacent to an activating group) is 1. The van der Waals surface area contributed by atoms with E-state index in [1.807, 2.05) is 64.0 Å². The molecule has 46 heavy (non-hydrogen) atoms. The van der Waals surface area contributed by atoms with Crippen LogP contribution in [0.4, 0.5) is 0 Å². The topological polar surface area (TPSA) is 174 Å². The Hall–Kier alpha value is -4.19. The summed E-state index contributed by atoms with van der Waals surface area (Å²) in [6.07, 6.45) is 0.174. The minimum absolute atomic E-state index is 0.00475. The fraction of sp³-hybridized carbons (Fsp3) is 0.457. The van der Waals surface area contributed by atoms with Gasteiger partial charge in [0.05, 0.1) is 18.7 Å². The smallest absolute Gasteiger partial charge is 0.255 e. The van der Waals surface area contributed by atoms with E-state index < -0.39 is 63.5 Å². The van der Waals surface area contributed by atoms with Gasteiger partial charge >= 0.3 is 0 Å². The van der Waals surface area contributed by atoms with Crippen molar-refractivity contribution < 1.29 is 39.5 Å². The number of hydrogen-bond acceptors (Lipinski definition) is 10. The molecule has 11 heteroatoms. The van der Waals surface area contributed by atoms with Gasteiger partial charge in [0.2, 0.25) is 5.78 Å². The second-order valence-corrected chi connectivity index (χ2v) is 14.2. The fourth-order valence-electron chi connectivity index (χ4n) is 7.55. The summed E-state index contributed by atoms with van der Waals surface area (Å²) in [5.41, 5.74) is 4.73.